The number of carbonyl (C=O) groups excluding carboxylic acids is 2. The van der Waals surface area contributed by atoms with E-state index in [2.05, 4.69) is 4.98 Å². The molecule has 8 heteroatoms. The topological polar surface area (TPSA) is 116 Å². The molecule has 1 aromatic heterocycles. The number of aryl methyl sites for hydroxylation is 1. The molecular formula is C32H44FN3O4. The number of H-pyrrole nitrogens is 1. The summed E-state index contributed by atoms with van der Waals surface area (Å²) in [6.07, 6.45) is 10.5. The van der Waals surface area contributed by atoms with Gasteiger partial charge < -0.3 is 20.7 Å². The number of ketones is 1. The predicted octanol–water partition coefficient (Wildman–Crippen LogP) is 5.44. The van der Waals surface area contributed by atoms with Gasteiger partial charge in [0, 0.05) is 35.8 Å². The number of carbonyl (C=O) groups is 3. The summed E-state index contributed by atoms with van der Waals surface area (Å²) < 4.78 is 13.1. The Hall–Kier alpha value is -2.74. The number of carboxylic acids is 1. The van der Waals surface area contributed by atoms with E-state index in [9.17, 15) is 23.9 Å². The molecule has 4 N–H and O–H groups in total. The van der Waals surface area contributed by atoms with Gasteiger partial charge in [0.1, 0.15) is 12.4 Å². The van der Waals surface area contributed by atoms with Gasteiger partial charge >= 0.3 is 5.97 Å². The Balaban J connectivity index is 1.37. The number of likely N-dealkylation sites (tertiary alicyclic amines) is 1. The van der Waals surface area contributed by atoms with Crippen molar-refractivity contribution in [2.75, 3.05) is 13.2 Å². The summed E-state index contributed by atoms with van der Waals surface area (Å²) in [6.45, 7) is 2.03. The van der Waals surface area contributed by atoms with Crippen LogP contribution in [-0.2, 0) is 22.4 Å². The van der Waals surface area contributed by atoms with Gasteiger partial charge in [-0.2, -0.15) is 0 Å². The SMILES string of the molecule is CCc1c(C(=O)O)[nH]c2ccc(CC(=O)[C@@H]3[C@H](C4CCCCC4)CCN3C(=O)C3CCC([C@H](N)CF)CC3)cc12. The second kappa shape index (κ2) is 12.4. The van der Waals surface area contributed by atoms with Crippen molar-refractivity contribution in [3.05, 3.63) is 35.0 Å². The van der Waals surface area contributed by atoms with E-state index >= 15 is 0 Å². The molecule has 2 aromatic rings. The molecule has 7 nitrogen and oxygen atoms in total. The fourth-order valence-corrected chi connectivity index (χ4v) is 7.95. The first-order valence-electron chi connectivity index (χ1n) is 15.3. The highest BCUT2D eigenvalue weighted by Gasteiger charge is 2.46. The van der Waals surface area contributed by atoms with Gasteiger partial charge in [-0.25, -0.2) is 9.18 Å². The van der Waals surface area contributed by atoms with Gasteiger partial charge in [0.25, 0.3) is 0 Å². The predicted molar refractivity (Wildman–Crippen MR) is 153 cm³/mol. The number of nitrogens with two attached hydrogens (primary N) is 1. The zero-order chi connectivity index (χ0) is 28.4. The average Bonchev–Trinajstić information content (AvgIpc) is 3.59. The molecule has 2 heterocycles. The van der Waals surface area contributed by atoms with Gasteiger partial charge in [-0.1, -0.05) is 45.1 Å². The molecule has 3 aliphatic rings. The number of rotatable bonds is 9. The highest BCUT2D eigenvalue weighted by molar-refractivity contribution is 5.98. The number of Topliss-reactive ketones (excluding diaryl/α,β-unsaturated/α-hetero) is 1. The molecule has 0 bridgehead atoms. The Morgan fingerprint density at radius 3 is 2.45 bits per heavy atom. The third kappa shape index (κ3) is 5.69. The Morgan fingerprint density at radius 1 is 1.07 bits per heavy atom. The normalized spacial score (nSPS) is 26.7. The summed E-state index contributed by atoms with van der Waals surface area (Å²) in [5.74, 6) is -0.156. The van der Waals surface area contributed by atoms with Gasteiger partial charge in [-0.15, -0.1) is 0 Å². The first kappa shape index (κ1) is 28.8. The van der Waals surface area contributed by atoms with Crippen molar-refractivity contribution < 1.29 is 23.9 Å². The number of halogens is 1. The molecule has 1 aromatic carbocycles. The highest BCUT2D eigenvalue weighted by atomic mass is 19.1. The summed E-state index contributed by atoms with van der Waals surface area (Å²) in [5, 5.41) is 10.5. The van der Waals surface area contributed by atoms with Crippen LogP contribution in [-0.4, -0.2) is 58.0 Å². The van der Waals surface area contributed by atoms with Crippen molar-refractivity contribution in [3.8, 4) is 0 Å². The molecule has 3 fully saturated rings. The fourth-order valence-electron chi connectivity index (χ4n) is 7.95. The molecule has 3 atom stereocenters. The monoisotopic (exact) mass is 553 g/mol. The van der Waals surface area contributed by atoms with Crippen molar-refractivity contribution in [1.29, 1.82) is 0 Å². The van der Waals surface area contributed by atoms with Crippen molar-refractivity contribution in [2.24, 2.45) is 29.4 Å². The maximum absolute atomic E-state index is 14.1. The lowest BCUT2D eigenvalue weighted by atomic mass is 9.75. The van der Waals surface area contributed by atoms with E-state index in [1.807, 2.05) is 30.0 Å². The van der Waals surface area contributed by atoms with Crippen molar-refractivity contribution in [2.45, 2.75) is 96.1 Å². The number of hydrogen-bond acceptors (Lipinski definition) is 4. The number of alkyl halides is 1. The van der Waals surface area contributed by atoms with Crippen LogP contribution in [0.4, 0.5) is 4.39 Å². The number of nitrogens with zero attached hydrogens (tertiary/aromatic N) is 1. The van der Waals surface area contributed by atoms with Crippen molar-refractivity contribution >= 4 is 28.6 Å². The lowest BCUT2D eigenvalue weighted by Gasteiger charge is -2.37. The first-order valence-corrected chi connectivity index (χ1v) is 15.3. The number of aromatic nitrogens is 1. The Morgan fingerprint density at radius 2 is 1.80 bits per heavy atom. The molecule has 218 valence electrons. The third-order valence-corrected chi connectivity index (χ3v) is 10.1. The molecular weight excluding hydrogens is 509 g/mol. The van der Waals surface area contributed by atoms with Crippen LogP contribution in [0, 0.1) is 23.7 Å². The van der Waals surface area contributed by atoms with Crippen LogP contribution in [0.1, 0.15) is 92.7 Å². The number of amides is 1. The fraction of sp³-hybridized carbons (Fsp3) is 0.656. The molecule has 0 unspecified atom stereocenters. The summed E-state index contributed by atoms with van der Waals surface area (Å²) in [6, 6.07) is 4.84. The quantitative estimate of drug-likeness (QED) is 0.382. The number of aromatic carboxylic acids is 1. The molecule has 1 saturated heterocycles. The molecule has 0 radical (unpaired) electrons. The Kier molecular flexibility index (Phi) is 8.93. The maximum Gasteiger partial charge on any atom is 0.352 e. The minimum atomic E-state index is -0.984. The molecule has 2 aliphatic carbocycles. The summed E-state index contributed by atoms with van der Waals surface area (Å²) >= 11 is 0. The molecule has 2 saturated carbocycles. The van der Waals surface area contributed by atoms with E-state index < -0.39 is 24.7 Å². The van der Waals surface area contributed by atoms with Gasteiger partial charge in [0.2, 0.25) is 5.91 Å². The smallest absolute Gasteiger partial charge is 0.352 e. The van der Waals surface area contributed by atoms with Gasteiger partial charge in [0.15, 0.2) is 5.78 Å². The highest BCUT2D eigenvalue weighted by Crippen LogP contribution is 2.41. The molecule has 1 amide bonds. The summed E-state index contributed by atoms with van der Waals surface area (Å²) in [7, 11) is 0. The van der Waals surface area contributed by atoms with E-state index in [-0.39, 0.29) is 41.6 Å². The lowest BCUT2D eigenvalue weighted by molar-refractivity contribution is -0.143. The van der Waals surface area contributed by atoms with Crippen LogP contribution >= 0.6 is 0 Å². The van der Waals surface area contributed by atoms with E-state index in [1.54, 1.807) is 0 Å². The standard InChI is InChI=1S/C32H44FN3O4/c1-2-23-25-16-19(8-13-27(25)35-29(23)32(39)40)17-28(37)30-24(20-6-4-3-5-7-20)14-15-36(30)31(38)22-11-9-21(10-12-22)26(34)18-33/h8,13,16,20-22,24,26,30,35H,2-7,9-12,14-15,17-18,34H2,1H3,(H,39,40)/t21?,22?,24-,26+,30-/m0/s1. The largest absolute Gasteiger partial charge is 0.477 e. The second-order valence-corrected chi connectivity index (χ2v) is 12.4. The van der Waals surface area contributed by atoms with Gasteiger partial charge in [-0.05, 0) is 79.5 Å². The second-order valence-electron chi connectivity index (χ2n) is 12.4. The number of aromatic amines is 1. The van der Waals surface area contributed by atoms with Crippen LogP contribution < -0.4 is 5.73 Å². The van der Waals surface area contributed by atoms with Gasteiger partial charge in [-0.3, -0.25) is 9.59 Å². The third-order valence-electron chi connectivity index (χ3n) is 10.1. The molecule has 40 heavy (non-hydrogen) atoms. The van der Waals surface area contributed by atoms with Gasteiger partial charge in [0.05, 0.1) is 6.04 Å². The minimum absolute atomic E-state index is 0.0842. The number of benzene rings is 1. The van der Waals surface area contributed by atoms with Crippen LogP contribution in [0.25, 0.3) is 10.9 Å². The van der Waals surface area contributed by atoms with E-state index in [1.165, 1.54) is 19.3 Å². The summed E-state index contributed by atoms with van der Waals surface area (Å²) in [5.41, 5.74) is 8.51. The van der Waals surface area contributed by atoms with E-state index in [4.69, 9.17) is 5.73 Å². The summed E-state index contributed by atoms with van der Waals surface area (Å²) in [4.78, 5) is 44.6. The first-order chi connectivity index (χ1) is 19.3. The van der Waals surface area contributed by atoms with Crippen LogP contribution in [0.15, 0.2) is 18.2 Å². The molecule has 5 rings (SSSR count). The molecule has 0 spiro atoms. The lowest BCUT2D eigenvalue weighted by Crippen LogP contribution is -2.48. The zero-order valence-corrected chi connectivity index (χ0v) is 23.7. The van der Waals surface area contributed by atoms with Crippen LogP contribution in [0.2, 0.25) is 0 Å². The zero-order valence-electron chi connectivity index (χ0n) is 23.7. The number of carboxylic acid groups (broad SMARTS) is 1. The van der Waals surface area contributed by atoms with E-state index in [0.29, 0.717) is 31.7 Å². The molecule has 1 aliphatic heterocycles. The van der Waals surface area contributed by atoms with Crippen LogP contribution in [0.5, 0.6) is 0 Å². The number of hydrogen-bond donors (Lipinski definition) is 3. The average molecular weight is 554 g/mol. The number of nitrogens with one attached hydrogen (secondary N) is 1. The maximum atomic E-state index is 14.1. The Bertz CT molecular complexity index is 1230. The number of fused-ring (bicyclic) bond motifs is 1. The van der Waals surface area contributed by atoms with Crippen molar-refractivity contribution in [1.82, 2.24) is 9.88 Å². The van der Waals surface area contributed by atoms with Crippen molar-refractivity contribution in [3.63, 3.8) is 0 Å². The van der Waals surface area contributed by atoms with Crippen LogP contribution in [0.3, 0.4) is 0 Å². The van der Waals surface area contributed by atoms with E-state index in [0.717, 1.165) is 54.1 Å². The Labute approximate surface area is 236 Å². The minimum Gasteiger partial charge on any atom is -0.477 e.